The van der Waals surface area contributed by atoms with Gasteiger partial charge in [0.2, 0.25) is 0 Å². The number of thioether (sulfide) groups is 1. The lowest BCUT2D eigenvalue weighted by Gasteiger charge is -2.13. The Kier molecular flexibility index (Phi) is 8.11. The molecule has 0 unspecified atom stereocenters. The molecule has 1 aliphatic rings. The summed E-state index contributed by atoms with van der Waals surface area (Å²) in [4.78, 5) is 26.7. The van der Waals surface area contributed by atoms with Crippen LogP contribution in [0.2, 0.25) is 0 Å². The standard InChI is InChI=1S/C28H27NO5S/c1-20-3-9-23(10-4-20)32-16-15-29-27(30)26(35-28(29)31)19-22-7-13-25(14-8-22)34-18-17-33-24-11-5-21(2)6-12-24/h3-14,19H,15-18H2,1-2H3/b26-19-. The highest BCUT2D eigenvalue weighted by Crippen LogP contribution is 2.32. The van der Waals surface area contributed by atoms with Gasteiger partial charge in [-0.05, 0) is 73.6 Å². The van der Waals surface area contributed by atoms with E-state index in [9.17, 15) is 9.59 Å². The summed E-state index contributed by atoms with van der Waals surface area (Å²) in [5, 5.41) is -0.290. The highest BCUT2D eigenvalue weighted by Gasteiger charge is 2.34. The number of aryl methyl sites for hydroxylation is 2. The van der Waals surface area contributed by atoms with E-state index in [1.165, 1.54) is 10.5 Å². The number of amides is 2. The molecular formula is C28H27NO5S. The quantitative estimate of drug-likeness (QED) is 0.262. The molecule has 0 spiro atoms. The van der Waals surface area contributed by atoms with Crippen LogP contribution >= 0.6 is 11.8 Å². The fraction of sp³-hybridized carbons (Fsp3) is 0.214. The van der Waals surface area contributed by atoms with Crippen molar-refractivity contribution >= 4 is 29.0 Å². The summed E-state index contributed by atoms with van der Waals surface area (Å²) in [6.45, 7) is 5.33. The van der Waals surface area contributed by atoms with Gasteiger partial charge in [-0.15, -0.1) is 0 Å². The molecule has 0 aromatic heterocycles. The van der Waals surface area contributed by atoms with Crippen molar-refractivity contribution in [1.82, 2.24) is 4.90 Å². The first-order valence-corrected chi connectivity index (χ1v) is 12.2. The number of imide groups is 1. The second kappa shape index (κ2) is 11.6. The van der Waals surface area contributed by atoms with Crippen LogP contribution in [0.3, 0.4) is 0 Å². The minimum absolute atomic E-state index is 0.202. The number of benzene rings is 3. The minimum atomic E-state index is -0.305. The highest BCUT2D eigenvalue weighted by atomic mass is 32.2. The average molecular weight is 490 g/mol. The van der Waals surface area contributed by atoms with Crippen molar-refractivity contribution in [1.29, 1.82) is 0 Å². The number of carbonyl (C=O) groups excluding carboxylic acids is 2. The van der Waals surface area contributed by atoms with E-state index in [4.69, 9.17) is 14.2 Å². The molecule has 3 aromatic carbocycles. The highest BCUT2D eigenvalue weighted by molar-refractivity contribution is 8.18. The molecule has 0 bridgehead atoms. The summed E-state index contributed by atoms with van der Waals surface area (Å²) in [5.41, 5.74) is 3.14. The Hall–Kier alpha value is -3.71. The van der Waals surface area contributed by atoms with E-state index in [0.29, 0.717) is 29.6 Å². The van der Waals surface area contributed by atoms with Gasteiger partial charge in [0.1, 0.15) is 37.1 Å². The monoisotopic (exact) mass is 489 g/mol. The van der Waals surface area contributed by atoms with Crippen LogP contribution in [0.25, 0.3) is 6.08 Å². The second-order valence-electron chi connectivity index (χ2n) is 8.07. The fourth-order valence-corrected chi connectivity index (χ4v) is 4.21. The van der Waals surface area contributed by atoms with Crippen LogP contribution in [0, 0.1) is 13.8 Å². The fourth-order valence-electron chi connectivity index (χ4n) is 3.35. The molecule has 2 amide bonds. The van der Waals surface area contributed by atoms with Crippen LogP contribution in [-0.2, 0) is 4.79 Å². The molecule has 1 saturated heterocycles. The molecule has 1 fully saturated rings. The summed E-state index contributed by atoms with van der Waals surface area (Å²) >= 11 is 0.940. The Labute approximate surface area is 209 Å². The Morgan fingerprint density at radius 1 is 0.686 bits per heavy atom. The van der Waals surface area contributed by atoms with Crippen molar-refractivity contribution in [3.8, 4) is 17.2 Å². The Bertz CT molecular complexity index is 1190. The van der Waals surface area contributed by atoms with Gasteiger partial charge in [-0.2, -0.15) is 0 Å². The summed E-state index contributed by atoms with van der Waals surface area (Å²) in [7, 11) is 0. The van der Waals surface area contributed by atoms with Crippen molar-refractivity contribution in [3.05, 3.63) is 94.4 Å². The molecule has 1 heterocycles. The zero-order chi connectivity index (χ0) is 24.6. The molecule has 0 aliphatic carbocycles. The summed E-state index contributed by atoms with van der Waals surface area (Å²) < 4.78 is 17.0. The van der Waals surface area contributed by atoms with Gasteiger partial charge in [0, 0.05) is 0 Å². The number of rotatable bonds is 10. The normalized spacial score (nSPS) is 14.5. The van der Waals surface area contributed by atoms with Crippen LogP contribution in [-0.4, -0.2) is 42.4 Å². The molecule has 4 rings (SSSR count). The number of carbonyl (C=O) groups is 2. The molecule has 0 radical (unpaired) electrons. The van der Waals surface area contributed by atoms with Gasteiger partial charge in [-0.1, -0.05) is 47.5 Å². The SMILES string of the molecule is Cc1ccc(OCCOc2ccc(/C=C3\SC(=O)N(CCOc4ccc(C)cc4)C3=O)cc2)cc1. The van der Waals surface area contributed by atoms with Gasteiger partial charge in [0.15, 0.2) is 0 Å². The van der Waals surface area contributed by atoms with Crippen molar-refractivity contribution in [2.75, 3.05) is 26.4 Å². The largest absolute Gasteiger partial charge is 0.492 e. The molecule has 3 aromatic rings. The average Bonchev–Trinajstić information content (AvgIpc) is 3.12. The van der Waals surface area contributed by atoms with E-state index in [0.717, 1.165) is 28.6 Å². The third-order valence-electron chi connectivity index (χ3n) is 5.30. The van der Waals surface area contributed by atoms with E-state index < -0.39 is 0 Å². The molecule has 1 aliphatic heterocycles. The molecule has 6 nitrogen and oxygen atoms in total. The van der Waals surface area contributed by atoms with Crippen molar-refractivity contribution in [3.63, 3.8) is 0 Å². The van der Waals surface area contributed by atoms with Gasteiger partial charge in [-0.25, -0.2) is 0 Å². The third-order valence-corrected chi connectivity index (χ3v) is 6.21. The molecule has 7 heteroatoms. The summed E-state index contributed by atoms with van der Waals surface area (Å²) in [6.07, 6.45) is 1.72. The van der Waals surface area contributed by atoms with Gasteiger partial charge in [-0.3, -0.25) is 14.5 Å². The molecular weight excluding hydrogens is 462 g/mol. The number of hydrogen-bond acceptors (Lipinski definition) is 6. The first kappa shape index (κ1) is 24.4. The maximum Gasteiger partial charge on any atom is 0.293 e. The lowest BCUT2D eigenvalue weighted by atomic mass is 10.2. The molecule has 0 saturated carbocycles. The van der Waals surface area contributed by atoms with Crippen LogP contribution in [0.5, 0.6) is 17.2 Å². The number of nitrogens with zero attached hydrogens (tertiary/aromatic N) is 1. The van der Waals surface area contributed by atoms with Crippen molar-refractivity contribution in [2.45, 2.75) is 13.8 Å². The molecule has 180 valence electrons. The third kappa shape index (κ3) is 6.90. The lowest BCUT2D eigenvalue weighted by Crippen LogP contribution is -2.32. The zero-order valence-electron chi connectivity index (χ0n) is 19.7. The van der Waals surface area contributed by atoms with Crippen molar-refractivity contribution < 1.29 is 23.8 Å². The maximum absolute atomic E-state index is 12.7. The second-order valence-corrected chi connectivity index (χ2v) is 9.07. The van der Waals surface area contributed by atoms with Crippen LogP contribution in [0.15, 0.2) is 77.7 Å². The van der Waals surface area contributed by atoms with E-state index in [1.54, 1.807) is 6.08 Å². The number of ether oxygens (including phenoxy) is 3. The first-order valence-electron chi connectivity index (χ1n) is 11.3. The van der Waals surface area contributed by atoms with E-state index >= 15 is 0 Å². The lowest BCUT2D eigenvalue weighted by molar-refractivity contribution is -0.123. The minimum Gasteiger partial charge on any atom is -0.492 e. The Morgan fingerprint density at radius 2 is 1.14 bits per heavy atom. The van der Waals surface area contributed by atoms with Crippen LogP contribution in [0.4, 0.5) is 4.79 Å². The Morgan fingerprint density at radius 3 is 1.66 bits per heavy atom. The maximum atomic E-state index is 12.7. The summed E-state index contributed by atoms with van der Waals surface area (Å²) in [5.74, 6) is 1.92. The topological polar surface area (TPSA) is 65.1 Å². The van der Waals surface area contributed by atoms with Crippen molar-refractivity contribution in [2.24, 2.45) is 0 Å². The zero-order valence-corrected chi connectivity index (χ0v) is 20.5. The summed E-state index contributed by atoms with van der Waals surface area (Å²) in [6, 6.07) is 22.9. The molecule has 0 N–H and O–H groups in total. The van der Waals surface area contributed by atoms with Gasteiger partial charge in [0.05, 0.1) is 11.4 Å². The Balaban J connectivity index is 1.24. The predicted octanol–water partition coefficient (Wildman–Crippen LogP) is 5.88. The van der Waals surface area contributed by atoms with Gasteiger partial charge < -0.3 is 14.2 Å². The van der Waals surface area contributed by atoms with Gasteiger partial charge in [0.25, 0.3) is 11.1 Å². The first-order chi connectivity index (χ1) is 17.0. The van der Waals surface area contributed by atoms with E-state index in [2.05, 4.69) is 0 Å². The van der Waals surface area contributed by atoms with E-state index in [-0.39, 0.29) is 24.3 Å². The smallest absolute Gasteiger partial charge is 0.293 e. The number of hydrogen-bond donors (Lipinski definition) is 0. The van der Waals surface area contributed by atoms with E-state index in [1.807, 2.05) is 86.6 Å². The van der Waals surface area contributed by atoms with Crippen LogP contribution in [0.1, 0.15) is 16.7 Å². The predicted molar refractivity (Wildman–Crippen MR) is 138 cm³/mol. The molecule has 35 heavy (non-hydrogen) atoms. The molecule has 0 atom stereocenters. The van der Waals surface area contributed by atoms with Crippen LogP contribution < -0.4 is 14.2 Å². The van der Waals surface area contributed by atoms with Gasteiger partial charge >= 0.3 is 0 Å².